The number of amides is 1. The topological polar surface area (TPSA) is 58.4 Å². The summed E-state index contributed by atoms with van der Waals surface area (Å²) in [4.78, 5) is 36.7. The van der Waals surface area contributed by atoms with Crippen molar-refractivity contribution in [3.8, 4) is 0 Å². The molecule has 2 aromatic rings. The number of fused-ring (bicyclic) bond motifs is 4. The van der Waals surface area contributed by atoms with E-state index in [4.69, 9.17) is 4.98 Å². The van der Waals surface area contributed by atoms with Crippen LogP contribution in [0.3, 0.4) is 0 Å². The van der Waals surface area contributed by atoms with Crippen LogP contribution in [0.15, 0.2) is 4.79 Å². The molecule has 0 fully saturated rings. The lowest BCUT2D eigenvalue weighted by atomic mass is 10.0. The first-order valence-corrected chi connectivity index (χ1v) is 9.79. The number of hydrogen-bond donors (Lipinski definition) is 0. The van der Waals surface area contributed by atoms with E-state index < -0.39 is 0 Å². The Kier molecular flexibility index (Phi) is 4.16. The van der Waals surface area contributed by atoms with E-state index in [2.05, 4.69) is 18.9 Å². The Morgan fingerprint density at radius 3 is 2.80 bits per heavy atom. The molecule has 0 saturated heterocycles. The van der Waals surface area contributed by atoms with Crippen LogP contribution < -0.4 is 5.56 Å². The number of carbonyl (C=O) groups is 1. The number of aromatic nitrogens is 2. The Hall–Kier alpha value is -1.73. The second kappa shape index (κ2) is 6.21. The number of likely N-dealkylation sites (N-methyl/N-ethyl adjacent to an activating group) is 1. The van der Waals surface area contributed by atoms with Crippen LogP contribution in [-0.4, -0.2) is 45.9 Å². The lowest BCUT2D eigenvalue weighted by Gasteiger charge is -2.22. The molecule has 6 nitrogen and oxygen atoms in total. The fourth-order valence-corrected chi connectivity index (χ4v) is 5.34. The van der Waals surface area contributed by atoms with Crippen LogP contribution in [0.5, 0.6) is 0 Å². The third-order valence-electron chi connectivity index (χ3n) is 5.37. The van der Waals surface area contributed by atoms with Crippen molar-refractivity contribution in [2.75, 3.05) is 20.6 Å². The molecule has 2 aromatic heterocycles. The highest BCUT2D eigenvalue weighted by atomic mass is 32.1. The van der Waals surface area contributed by atoms with Crippen LogP contribution in [0, 0.1) is 0 Å². The van der Waals surface area contributed by atoms with Crippen molar-refractivity contribution in [1.29, 1.82) is 0 Å². The summed E-state index contributed by atoms with van der Waals surface area (Å²) < 4.78 is 1.83. The van der Waals surface area contributed by atoms with Gasteiger partial charge in [0.25, 0.3) is 5.56 Å². The average Bonchev–Trinajstić information content (AvgIpc) is 2.86. The van der Waals surface area contributed by atoms with Crippen molar-refractivity contribution in [2.45, 2.75) is 51.7 Å². The van der Waals surface area contributed by atoms with Crippen LogP contribution in [-0.2, 0) is 24.3 Å². The summed E-state index contributed by atoms with van der Waals surface area (Å²) in [5.41, 5.74) is 1.24. The van der Waals surface area contributed by atoms with Crippen molar-refractivity contribution in [3.63, 3.8) is 0 Å². The minimum absolute atomic E-state index is 0.0589. The fraction of sp³-hybridized carbons (Fsp3) is 0.611. The summed E-state index contributed by atoms with van der Waals surface area (Å²) in [5, 5.41) is 0.801. The van der Waals surface area contributed by atoms with E-state index in [1.807, 2.05) is 4.57 Å². The highest BCUT2D eigenvalue weighted by Gasteiger charge is 2.30. The molecule has 0 N–H and O–H groups in total. The highest BCUT2D eigenvalue weighted by molar-refractivity contribution is 7.18. The molecular formula is C18H24N4O2S. The van der Waals surface area contributed by atoms with Crippen molar-refractivity contribution in [3.05, 3.63) is 26.6 Å². The molecule has 134 valence electrons. The minimum atomic E-state index is -0.0799. The first-order chi connectivity index (χ1) is 12.0. The number of thiophene rings is 1. The predicted octanol–water partition coefficient (Wildman–Crippen LogP) is 2.15. The summed E-state index contributed by atoms with van der Waals surface area (Å²) in [6.45, 7) is 4.37. The Balaban J connectivity index is 1.95. The molecule has 1 atom stereocenters. The molecule has 2 aliphatic heterocycles. The van der Waals surface area contributed by atoms with Gasteiger partial charge in [-0.05, 0) is 25.5 Å². The Labute approximate surface area is 151 Å². The van der Waals surface area contributed by atoms with Crippen LogP contribution in [0.25, 0.3) is 10.2 Å². The normalized spacial score (nSPS) is 21.3. The van der Waals surface area contributed by atoms with E-state index in [9.17, 15) is 9.59 Å². The van der Waals surface area contributed by atoms with Gasteiger partial charge in [0.2, 0.25) is 5.91 Å². The third kappa shape index (κ3) is 2.69. The summed E-state index contributed by atoms with van der Waals surface area (Å²) in [6.07, 6.45) is 3.06. The molecule has 25 heavy (non-hydrogen) atoms. The average molecular weight is 360 g/mol. The van der Waals surface area contributed by atoms with Gasteiger partial charge in [-0.2, -0.15) is 0 Å². The van der Waals surface area contributed by atoms with Crippen molar-refractivity contribution in [2.24, 2.45) is 0 Å². The number of nitrogens with zero attached hydrogens (tertiary/aromatic N) is 4. The molecule has 0 aliphatic carbocycles. The molecule has 2 aliphatic rings. The van der Waals surface area contributed by atoms with Crippen LogP contribution in [0.2, 0.25) is 0 Å². The first kappa shape index (κ1) is 16.7. The van der Waals surface area contributed by atoms with Gasteiger partial charge < -0.3 is 9.80 Å². The standard InChI is InChI=1S/C18H24N4O2S/c1-4-5-11-8-15(23)21(3)10-14-19-17-16(18(24)22(11)14)12-6-7-20(2)9-13(12)25-17/h11H,4-10H2,1-3H3/t11-/m0/s1. The second-order valence-electron chi connectivity index (χ2n) is 7.27. The zero-order chi connectivity index (χ0) is 17.7. The van der Waals surface area contributed by atoms with E-state index in [0.29, 0.717) is 13.0 Å². The quantitative estimate of drug-likeness (QED) is 0.823. The van der Waals surface area contributed by atoms with Gasteiger partial charge in [-0.25, -0.2) is 4.98 Å². The summed E-state index contributed by atoms with van der Waals surface area (Å²) in [6, 6.07) is -0.0799. The van der Waals surface area contributed by atoms with E-state index in [0.717, 1.165) is 48.4 Å². The molecule has 0 unspecified atom stereocenters. The van der Waals surface area contributed by atoms with Crippen LogP contribution in [0.4, 0.5) is 0 Å². The lowest BCUT2D eigenvalue weighted by molar-refractivity contribution is -0.130. The van der Waals surface area contributed by atoms with Gasteiger partial charge in [0.1, 0.15) is 10.7 Å². The van der Waals surface area contributed by atoms with E-state index in [1.165, 1.54) is 10.4 Å². The number of carbonyl (C=O) groups excluding carboxylic acids is 1. The minimum Gasteiger partial charge on any atom is -0.338 e. The van der Waals surface area contributed by atoms with Gasteiger partial charge in [0.15, 0.2) is 0 Å². The first-order valence-electron chi connectivity index (χ1n) is 8.97. The molecule has 4 heterocycles. The van der Waals surface area contributed by atoms with Gasteiger partial charge in [-0.15, -0.1) is 11.3 Å². The zero-order valence-electron chi connectivity index (χ0n) is 15.0. The van der Waals surface area contributed by atoms with Gasteiger partial charge in [-0.1, -0.05) is 13.3 Å². The molecule has 0 aromatic carbocycles. The molecule has 7 heteroatoms. The smallest absolute Gasteiger partial charge is 0.262 e. The maximum Gasteiger partial charge on any atom is 0.262 e. The van der Waals surface area contributed by atoms with Gasteiger partial charge in [0, 0.05) is 37.5 Å². The Morgan fingerprint density at radius 2 is 2.04 bits per heavy atom. The number of rotatable bonds is 2. The van der Waals surface area contributed by atoms with Gasteiger partial charge in [-0.3, -0.25) is 14.2 Å². The molecule has 0 bridgehead atoms. The third-order valence-corrected chi connectivity index (χ3v) is 6.48. The summed E-state index contributed by atoms with van der Waals surface area (Å²) in [7, 11) is 3.91. The van der Waals surface area contributed by atoms with E-state index in [-0.39, 0.29) is 17.5 Å². The van der Waals surface area contributed by atoms with Crippen molar-refractivity contribution in [1.82, 2.24) is 19.4 Å². The maximum atomic E-state index is 13.4. The fourth-order valence-electron chi connectivity index (χ4n) is 4.03. The monoisotopic (exact) mass is 360 g/mol. The van der Waals surface area contributed by atoms with E-state index >= 15 is 0 Å². The number of hydrogen-bond acceptors (Lipinski definition) is 5. The Bertz CT molecular complexity index is 901. The summed E-state index contributed by atoms with van der Waals surface area (Å²) >= 11 is 1.64. The van der Waals surface area contributed by atoms with Crippen molar-refractivity contribution >= 4 is 27.5 Å². The van der Waals surface area contributed by atoms with Gasteiger partial charge >= 0.3 is 0 Å². The Morgan fingerprint density at radius 1 is 1.24 bits per heavy atom. The van der Waals surface area contributed by atoms with Crippen LogP contribution >= 0.6 is 11.3 Å². The van der Waals surface area contributed by atoms with Crippen molar-refractivity contribution < 1.29 is 4.79 Å². The molecule has 1 amide bonds. The molecular weight excluding hydrogens is 336 g/mol. The predicted molar refractivity (Wildman–Crippen MR) is 99.0 cm³/mol. The molecule has 4 rings (SSSR count). The SMILES string of the molecule is CCC[C@H]1CC(=O)N(C)Cc2nc3sc4c(c3c(=O)n21)CCN(C)C4. The zero-order valence-corrected chi connectivity index (χ0v) is 15.9. The lowest BCUT2D eigenvalue weighted by Crippen LogP contribution is -2.30. The molecule has 0 radical (unpaired) electrons. The largest absolute Gasteiger partial charge is 0.338 e. The molecule has 0 saturated carbocycles. The molecule has 0 spiro atoms. The second-order valence-corrected chi connectivity index (χ2v) is 8.35. The van der Waals surface area contributed by atoms with Crippen LogP contribution in [0.1, 0.15) is 48.5 Å². The van der Waals surface area contributed by atoms with Gasteiger partial charge in [0.05, 0.1) is 11.9 Å². The van der Waals surface area contributed by atoms with E-state index in [1.54, 1.807) is 23.3 Å². The highest BCUT2D eigenvalue weighted by Crippen LogP contribution is 2.33. The summed E-state index contributed by atoms with van der Waals surface area (Å²) in [5.74, 6) is 0.826. The maximum absolute atomic E-state index is 13.4.